The largest absolute Gasteiger partial charge is 0.444 e. The Morgan fingerprint density at radius 1 is 1.06 bits per heavy atom. The van der Waals surface area contributed by atoms with Gasteiger partial charge in [-0.3, -0.25) is 0 Å². The highest BCUT2D eigenvalue weighted by molar-refractivity contribution is 5.73. The minimum absolute atomic E-state index is 0.190. The van der Waals surface area contributed by atoms with Gasteiger partial charge >= 0.3 is 12.1 Å². The van der Waals surface area contributed by atoms with Gasteiger partial charge in [0.2, 0.25) is 0 Å². The van der Waals surface area contributed by atoms with Crippen molar-refractivity contribution in [2.24, 2.45) is 0 Å². The molecule has 3 N–H and O–H groups in total. The quantitative estimate of drug-likeness (QED) is 0.637. The van der Waals surface area contributed by atoms with Crippen molar-refractivity contribution in [2.75, 3.05) is 19.6 Å². The molecule has 0 saturated carbocycles. The van der Waals surface area contributed by atoms with Crippen LogP contribution >= 0.6 is 0 Å². The third-order valence-electron chi connectivity index (χ3n) is 1.64. The van der Waals surface area contributed by atoms with Gasteiger partial charge in [0.05, 0.1) is 0 Å². The predicted molar refractivity (Wildman–Crippen MR) is 65.9 cm³/mol. The molecule has 6 heteroatoms. The van der Waals surface area contributed by atoms with Gasteiger partial charge in [0.25, 0.3) is 0 Å². The van der Waals surface area contributed by atoms with Gasteiger partial charge in [-0.25, -0.2) is 9.59 Å². The number of amides is 3. The first kappa shape index (κ1) is 15.5. The number of hydrogen-bond donors (Lipinski definition) is 3. The van der Waals surface area contributed by atoms with E-state index in [9.17, 15) is 9.59 Å². The molecule has 0 aliphatic carbocycles. The zero-order valence-electron chi connectivity index (χ0n) is 11.1. The maximum Gasteiger partial charge on any atom is 0.407 e. The standard InChI is InChI=1S/C11H23N3O3/c1-5-12-9(15)13-7-6-8-14-10(16)17-11(2,3)4/h5-8H2,1-4H3,(H,14,16)(H2,12,13,15). The number of rotatable bonds is 5. The molecule has 0 spiro atoms. The third-order valence-corrected chi connectivity index (χ3v) is 1.64. The van der Waals surface area contributed by atoms with E-state index in [2.05, 4.69) is 16.0 Å². The Kier molecular flexibility index (Phi) is 7.09. The fourth-order valence-corrected chi connectivity index (χ4v) is 1.02. The molecular weight excluding hydrogens is 222 g/mol. The van der Waals surface area contributed by atoms with Crippen LogP contribution in [0.2, 0.25) is 0 Å². The lowest BCUT2D eigenvalue weighted by Gasteiger charge is -2.19. The minimum atomic E-state index is -0.483. The lowest BCUT2D eigenvalue weighted by Crippen LogP contribution is -2.37. The predicted octanol–water partition coefficient (Wildman–Crippen LogP) is 1.22. The third kappa shape index (κ3) is 10.8. The van der Waals surface area contributed by atoms with Gasteiger partial charge in [-0.1, -0.05) is 0 Å². The van der Waals surface area contributed by atoms with E-state index in [1.807, 2.05) is 27.7 Å². The van der Waals surface area contributed by atoms with E-state index in [0.717, 1.165) is 0 Å². The summed E-state index contributed by atoms with van der Waals surface area (Å²) in [4.78, 5) is 22.2. The fraction of sp³-hybridized carbons (Fsp3) is 0.818. The van der Waals surface area contributed by atoms with E-state index < -0.39 is 11.7 Å². The highest BCUT2D eigenvalue weighted by Gasteiger charge is 2.15. The number of carbonyl (C=O) groups excluding carboxylic acids is 2. The zero-order valence-corrected chi connectivity index (χ0v) is 11.1. The number of urea groups is 1. The lowest BCUT2D eigenvalue weighted by atomic mass is 10.2. The molecule has 0 radical (unpaired) electrons. The first-order valence-electron chi connectivity index (χ1n) is 5.83. The summed E-state index contributed by atoms with van der Waals surface area (Å²) in [6, 6.07) is -0.190. The molecule has 0 heterocycles. The molecular formula is C11H23N3O3. The van der Waals surface area contributed by atoms with Gasteiger partial charge < -0.3 is 20.7 Å². The average Bonchev–Trinajstić information content (AvgIpc) is 2.14. The molecule has 0 aliphatic heterocycles. The molecule has 0 aromatic carbocycles. The van der Waals surface area contributed by atoms with Crippen LogP contribution in [0.25, 0.3) is 0 Å². The first-order valence-corrected chi connectivity index (χ1v) is 5.83. The Balaban J connectivity index is 3.46. The Hall–Kier alpha value is -1.46. The van der Waals surface area contributed by atoms with Crippen LogP contribution in [0.4, 0.5) is 9.59 Å². The van der Waals surface area contributed by atoms with Crippen LogP contribution < -0.4 is 16.0 Å². The Labute approximate surface area is 102 Å². The minimum Gasteiger partial charge on any atom is -0.444 e. The topological polar surface area (TPSA) is 79.5 Å². The number of nitrogens with one attached hydrogen (secondary N) is 3. The van der Waals surface area contributed by atoms with Crippen LogP contribution in [-0.2, 0) is 4.74 Å². The molecule has 0 bridgehead atoms. The monoisotopic (exact) mass is 245 g/mol. The molecule has 0 rings (SSSR count). The lowest BCUT2D eigenvalue weighted by molar-refractivity contribution is 0.0527. The molecule has 0 atom stereocenters. The number of hydrogen-bond acceptors (Lipinski definition) is 3. The van der Waals surface area contributed by atoms with Crippen molar-refractivity contribution in [1.82, 2.24) is 16.0 Å². The second-order valence-corrected chi connectivity index (χ2v) is 4.57. The van der Waals surface area contributed by atoms with Crippen LogP contribution in [-0.4, -0.2) is 37.4 Å². The van der Waals surface area contributed by atoms with Gasteiger partial charge in [-0.05, 0) is 34.1 Å². The van der Waals surface area contributed by atoms with Crippen molar-refractivity contribution >= 4 is 12.1 Å². The maximum absolute atomic E-state index is 11.2. The molecule has 0 aromatic heterocycles. The van der Waals surface area contributed by atoms with Crippen LogP contribution in [0.15, 0.2) is 0 Å². The molecule has 100 valence electrons. The summed E-state index contributed by atoms with van der Waals surface area (Å²) >= 11 is 0. The Morgan fingerprint density at radius 3 is 2.18 bits per heavy atom. The van der Waals surface area contributed by atoms with Crippen LogP contribution in [0.5, 0.6) is 0 Å². The summed E-state index contributed by atoms with van der Waals surface area (Å²) in [7, 11) is 0. The van der Waals surface area contributed by atoms with Gasteiger partial charge in [0, 0.05) is 19.6 Å². The zero-order chi connectivity index (χ0) is 13.3. The maximum atomic E-state index is 11.2. The molecule has 17 heavy (non-hydrogen) atoms. The van der Waals surface area contributed by atoms with Crippen LogP contribution in [0, 0.1) is 0 Å². The molecule has 0 aromatic rings. The summed E-state index contributed by atoms with van der Waals surface area (Å²) in [5.41, 5.74) is -0.483. The van der Waals surface area contributed by atoms with Crippen molar-refractivity contribution in [3.8, 4) is 0 Å². The second-order valence-electron chi connectivity index (χ2n) is 4.57. The Bertz CT molecular complexity index is 249. The van der Waals surface area contributed by atoms with Gasteiger partial charge in [0.15, 0.2) is 0 Å². The fourth-order valence-electron chi connectivity index (χ4n) is 1.02. The molecule has 0 saturated heterocycles. The first-order chi connectivity index (χ1) is 7.85. The molecule has 0 aliphatic rings. The van der Waals surface area contributed by atoms with Crippen LogP contribution in [0.3, 0.4) is 0 Å². The summed E-state index contributed by atoms with van der Waals surface area (Å²) in [5, 5.41) is 7.89. The van der Waals surface area contributed by atoms with E-state index >= 15 is 0 Å². The van der Waals surface area contributed by atoms with Crippen LogP contribution in [0.1, 0.15) is 34.1 Å². The SMILES string of the molecule is CCNC(=O)NCCCNC(=O)OC(C)(C)C. The van der Waals surface area contributed by atoms with E-state index in [4.69, 9.17) is 4.74 Å². The Morgan fingerprint density at radius 2 is 1.65 bits per heavy atom. The molecule has 3 amide bonds. The number of alkyl carbamates (subject to hydrolysis) is 1. The van der Waals surface area contributed by atoms with E-state index in [1.54, 1.807) is 0 Å². The van der Waals surface area contributed by atoms with Gasteiger partial charge in [-0.2, -0.15) is 0 Å². The normalized spacial score (nSPS) is 10.6. The average molecular weight is 245 g/mol. The van der Waals surface area contributed by atoms with Crippen molar-refractivity contribution in [3.63, 3.8) is 0 Å². The van der Waals surface area contributed by atoms with Gasteiger partial charge in [0.1, 0.15) is 5.60 Å². The van der Waals surface area contributed by atoms with Crippen molar-refractivity contribution in [2.45, 2.75) is 39.7 Å². The summed E-state index contributed by atoms with van der Waals surface area (Å²) < 4.78 is 5.05. The smallest absolute Gasteiger partial charge is 0.407 e. The summed E-state index contributed by atoms with van der Waals surface area (Å²) in [5.74, 6) is 0. The number of ether oxygens (including phenoxy) is 1. The summed E-state index contributed by atoms with van der Waals surface area (Å²) in [6.07, 6.45) is 0.228. The highest BCUT2D eigenvalue weighted by Crippen LogP contribution is 2.06. The van der Waals surface area contributed by atoms with E-state index in [1.165, 1.54) is 0 Å². The molecule has 0 fully saturated rings. The molecule has 6 nitrogen and oxygen atoms in total. The van der Waals surface area contributed by atoms with Crippen molar-refractivity contribution in [1.29, 1.82) is 0 Å². The second kappa shape index (κ2) is 7.76. The van der Waals surface area contributed by atoms with Crippen molar-refractivity contribution in [3.05, 3.63) is 0 Å². The van der Waals surface area contributed by atoms with E-state index in [0.29, 0.717) is 26.1 Å². The number of carbonyl (C=O) groups is 2. The molecule has 0 unspecified atom stereocenters. The van der Waals surface area contributed by atoms with Crippen molar-refractivity contribution < 1.29 is 14.3 Å². The summed E-state index contributed by atoms with van der Waals surface area (Å²) in [6.45, 7) is 8.87. The van der Waals surface area contributed by atoms with Gasteiger partial charge in [-0.15, -0.1) is 0 Å². The van der Waals surface area contributed by atoms with E-state index in [-0.39, 0.29) is 6.03 Å². The highest BCUT2D eigenvalue weighted by atomic mass is 16.6.